The standard InChI is InChI=1S/C10H21NOS2/c1-9(13-2)3-6-11-10-4-7-14(12)8-5-10/h9-11H,3-8H2,1-2H3. The number of nitrogens with one attached hydrogen (secondary N) is 1. The quantitative estimate of drug-likeness (QED) is 0.785. The fourth-order valence-electron chi connectivity index (χ4n) is 1.61. The molecule has 0 aromatic rings. The molecule has 0 amide bonds. The average Bonchev–Trinajstić information content (AvgIpc) is 2.21. The summed E-state index contributed by atoms with van der Waals surface area (Å²) in [6.07, 6.45) is 5.59. The van der Waals surface area contributed by atoms with Crippen molar-refractivity contribution in [1.82, 2.24) is 5.32 Å². The van der Waals surface area contributed by atoms with E-state index < -0.39 is 10.8 Å². The number of hydrogen-bond acceptors (Lipinski definition) is 3. The zero-order chi connectivity index (χ0) is 10.4. The molecule has 0 aromatic heterocycles. The Balaban J connectivity index is 2.04. The molecular weight excluding hydrogens is 214 g/mol. The predicted molar refractivity (Wildman–Crippen MR) is 66.5 cm³/mol. The van der Waals surface area contributed by atoms with Crippen LogP contribution in [0.5, 0.6) is 0 Å². The molecule has 0 spiro atoms. The lowest BCUT2D eigenvalue weighted by atomic mass is 10.1. The first-order valence-electron chi connectivity index (χ1n) is 5.33. The van der Waals surface area contributed by atoms with Gasteiger partial charge in [-0.15, -0.1) is 0 Å². The van der Waals surface area contributed by atoms with Crippen molar-refractivity contribution in [2.45, 2.75) is 37.5 Å². The SMILES string of the molecule is CSC(C)CCNC1CCS(=O)CC1. The molecule has 1 unspecified atom stereocenters. The Hall–Kier alpha value is 0.460. The number of thioether (sulfide) groups is 1. The summed E-state index contributed by atoms with van der Waals surface area (Å²) in [7, 11) is -0.521. The van der Waals surface area contributed by atoms with Crippen LogP contribution in [0, 0.1) is 0 Å². The molecule has 14 heavy (non-hydrogen) atoms. The Kier molecular flexibility index (Phi) is 6.13. The Morgan fingerprint density at radius 2 is 2.14 bits per heavy atom. The largest absolute Gasteiger partial charge is 0.314 e. The minimum absolute atomic E-state index is 0.521. The van der Waals surface area contributed by atoms with Gasteiger partial charge in [-0.3, -0.25) is 4.21 Å². The van der Waals surface area contributed by atoms with Crippen LogP contribution in [0.1, 0.15) is 26.2 Å². The van der Waals surface area contributed by atoms with Gasteiger partial charge in [0.15, 0.2) is 0 Å². The Labute approximate surface area is 94.1 Å². The summed E-state index contributed by atoms with van der Waals surface area (Å²) < 4.78 is 11.1. The summed E-state index contributed by atoms with van der Waals surface area (Å²) in [5, 5.41) is 4.31. The zero-order valence-corrected chi connectivity index (χ0v) is 10.8. The molecule has 0 aromatic carbocycles. The van der Waals surface area contributed by atoms with Crippen LogP contribution in [0.3, 0.4) is 0 Å². The van der Waals surface area contributed by atoms with E-state index in [0.717, 1.165) is 36.1 Å². The van der Waals surface area contributed by atoms with Gasteiger partial charge in [-0.25, -0.2) is 0 Å². The molecule has 84 valence electrons. The summed E-state index contributed by atoms with van der Waals surface area (Å²) in [5.74, 6) is 1.80. The Morgan fingerprint density at radius 1 is 1.50 bits per heavy atom. The van der Waals surface area contributed by atoms with E-state index in [9.17, 15) is 4.21 Å². The van der Waals surface area contributed by atoms with Crippen molar-refractivity contribution in [2.24, 2.45) is 0 Å². The molecule has 1 fully saturated rings. The summed E-state index contributed by atoms with van der Waals surface area (Å²) in [5.41, 5.74) is 0. The van der Waals surface area contributed by atoms with E-state index in [1.54, 1.807) is 0 Å². The van der Waals surface area contributed by atoms with Gasteiger partial charge in [0, 0.05) is 33.6 Å². The zero-order valence-electron chi connectivity index (χ0n) is 9.12. The highest BCUT2D eigenvalue weighted by molar-refractivity contribution is 7.99. The second kappa shape index (κ2) is 6.85. The van der Waals surface area contributed by atoms with E-state index in [2.05, 4.69) is 18.5 Å². The third-order valence-electron chi connectivity index (χ3n) is 2.77. The second-order valence-electron chi connectivity index (χ2n) is 3.91. The summed E-state index contributed by atoms with van der Waals surface area (Å²) >= 11 is 1.92. The first-order valence-corrected chi connectivity index (χ1v) is 8.11. The number of rotatable bonds is 5. The van der Waals surface area contributed by atoms with Crippen molar-refractivity contribution in [3.63, 3.8) is 0 Å². The molecule has 0 radical (unpaired) electrons. The average molecular weight is 235 g/mol. The highest BCUT2D eigenvalue weighted by Gasteiger charge is 2.16. The van der Waals surface area contributed by atoms with Gasteiger partial charge in [-0.05, 0) is 32.1 Å². The van der Waals surface area contributed by atoms with Crippen LogP contribution in [0.15, 0.2) is 0 Å². The molecule has 1 heterocycles. The molecule has 0 aliphatic carbocycles. The van der Waals surface area contributed by atoms with Gasteiger partial charge >= 0.3 is 0 Å². The third kappa shape index (κ3) is 4.80. The topological polar surface area (TPSA) is 29.1 Å². The monoisotopic (exact) mass is 235 g/mol. The predicted octanol–water partition coefficient (Wildman–Crippen LogP) is 1.63. The van der Waals surface area contributed by atoms with Crippen LogP contribution in [0.4, 0.5) is 0 Å². The molecule has 2 nitrogen and oxygen atoms in total. The molecule has 1 aliphatic heterocycles. The molecule has 1 saturated heterocycles. The maximum Gasteiger partial charge on any atom is 0.0249 e. The second-order valence-corrected chi connectivity index (χ2v) is 6.88. The Morgan fingerprint density at radius 3 is 2.71 bits per heavy atom. The van der Waals surface area contributed by atoms with Gasteiger partial charge in [0.25, 0.3) is 0 Å². The van der Waals surface area contributed by atoms with E-state index in [4.69, 9.17) is 0 Å². The number of hydrogen-bond donors (Lipinski definition) is 1. The third-order valence-corrected chi connectivity index (χ3v) is 5.20. The van der Waals surface area contributed by atoms with Crippen molar-refractivity contribution in [3.8, 4) is 0 Å². The minimum Gasteiger partial charge on any atom is -0.314 e. The van der Waals surface area contributed by atoms with E-state index >= 15 is 0 Å². The molecular formula is C10H21NOS2. The van der Waals surface area contributed by atoms with E-state index in [-0.39, 0.29) is 0 Å². The van der Waals surface area contributed by atoms with Crippen LogP contribution in [0.2, 0.25) is 0 Å². The van der Waals surface area contributed by atoms with E-state index in [1.807, 2.05) is 11.8 Å². The smallest absolute Gasteiger partial charge is 0.0249 e. The summed E-state index contributed by atoms with van der Waals surface area (Å²) in [6, 6.07) is 0.627. The van der Waals surface area contributed by atoms with Crippen LogP contribution < -0.4 is 5.32 Å². The molecule has 1 rings (SSSR count). The fraction of sp³-hybridized carbons (Fsp3) is 1.00. The lowest BCUT2D eigenvalue weighted by Crippen LogP contribution is -2.36. The van der Waals surface area contributed by atoms with Gasteiger partial charge in [0.1, 0.15) is 0 Å². The lowest BCUT2D eigenvalue weighted by molar-refractivity contribution is 0.471. The Bertz CT molecular complexity index is 177. The van der Waals surface area contributed by atoms with Gasteiger partial charge in [0.05, 0.1) is 0 Å². The normalized spacial score (nSPS) is 30.1. The highest BCUT2D eigenvalue weighted by atomic mass is 32.2. The van der Waals surface area contributed by atoms with Gasteiger partial charge in [0.2, 0.25) is 0 Å². The van der Waals surface area contributed by atoms with E-state index in [0.29, 0.717) is 6.04 Å². The first-order chi connectivity index (χ1) is 6.72. The van der Waals surface area contributed by atoms with Crippen LogP contribution >= 0.6 is 11.8 Å². The lowest BCUT2D eigenvalue weighted by Gasteiger charge is -2.23. The van der Waals surface area contributed by atoms with Crippen LogP contribution in [-0.2, 0) is 10.8 Å². The molecule has 0 bridgehead atoms. The van der Waals surface area contributed by atoms with Crippen molar-refractivity contribution < 1.29 is 4.21 Å². The van der Waals surface area contributed by atoms with Crippen LogP contribution in [-0.4, -0.2) is 39.8 Å². The van der Waals surface area contributed by atoms with Crippen molar-refractivity contribution in [3.05, 3.63) is 0 Å². The van der Waals surface area contributed by atoms with Crippen LogP contribution in [0.25, 0.3) is 0 Å². The highest BCUT2D eigenvalue weighted by Crippen LogP contribution is 2.11. The fourth-order valence-corrected chi connectivity index (χ4v) is 3.26. The molecule has 0 saturated carbocycles. The summed E-state index contributed by atoms with van der Waals surface area (Å²) in [6.45, 7) is 3.38. The van der Waals surface area contributed by atoms with Gasteiger partial charge in [-0.2, -0.15) is 11.8 Å². The maximum atomic E-state index is 11.1. The summed E-state index contributed by atoms with van der Waals surface area (Å²) in [4.78, 5) is 0. The minimum atomic E-state index is -0.521. The van der Waals surface area contributed by atoms with Crippen molar-refractivity contribution >= 4 is 22.6 Å². The van der Waals surface area contributed by atoms with Gasteiger partial charge in [-0.1, -0.05) is 6.92 Å². The van der Waals surface area contributed by atoms with Gasteiger partial charge < -0.3 is 5.32 Å². The van der Waals surface area contributed by atoms with Crippen molar-refractivity contribution in [1.29, 1.82) is 0 Å². The molecule has 1 atom stereocenters. The maximum absolute atomic E-state index is 11.1. The van der Waals surface area contributed by atoms with Crippen molar-refractivity contribution in [2.75, 3.05) is 24.3 Å². The molecule has 1 N–H and O–H groups in total. The molecule has 1 aliphatic rings. The van der Waals surface area contributed by atoms with E-state index in [1.165, 1.54) is 6.42 Å². The molecule has 4 heteroatoms. The first kappa shape index (κ1) is 12.5.